The number of hydrogen-bond donors (Lipinski definition) is 1. The van der Waals surface area contributed by atoms with Gasteiger partial charge in [0.2, 0.25) is 0 Å². The van der Waals surface area contributed by atoms with Gasteiger partial charge in [-0.25, -0.2) is 0 Å². The predicted molar refractivity (Wildman–Crippen MR) is 74.2 cm³/mol. The molecule has 1 aliphatic heterocycles. The average Bonchev–Trinajstić information content (AvgIpc) is 3.00. The normalized spacial score (nSPS) is 31.1. The molecule has 2 rings (SSSR count). The average molecular weight is 238 g/mol. The van der Waals surface area contributed by atoms with Crippen molar-refractivity contribution in [1.82, 2.24) is 10.2 Å². The molecule has 1 N–H and O–H groups in total. The van der Waals surface area contributed by atoms with E-state index in [1.807, 2.05) is 0 Å². The molecule has 0 radical (unpaired) electrons. The number of nitrogens with zero attached hydrogens (tertiary/aromatic N) is 1. The molecule has 1 saturated carbocycles. The number of nitrogens with one attached hydrogen (secondary N) is 1. The molecule has 2 unspecified atom stereocenters. The van der Waals surface area contributed by atoms with Gasteiger partial charge >= 0.3 is 0 Å². The molecule has 0 spiro atoms. The fraction of sp³-hybridized carbons (Fsp3) is 1.00. The Balaban J connectivity index is 1.83. The van der Waals surface area contributed by atoms with Gasteiger partial charge in [0.15, 0.2) is 0 Å². The zero-order valence-electron chi connectivity index (χ0n) is 11.9. The highest BCUT2D eigenvalue weighted by Crippen LogP contribution is 2.26. The third kappa shape index (κ3) is 4.59. The Morgan fingerprint density at radius 2 is 1.94 bits per heavy atom. The van der Waals surface area contributed by atoms with Gasteiger partial charge in [-0.15, -0.1) is 0 Å². The lowest BCUT2D eigenvalue weighted by molar-refractivity contribution is 0.122. The van der Waals surface area contributed by atoms with Crippen LogP contribution >= 0.6 is 0 Å². The summed E-state index contributed by atoms with van der Waals surface area (Å²) < 4.78 is 0. The molecule has 17 heavy (non-hydrogen) atoms. The maximum Gasteiger partial charge on any atom is 0.0200 e. The zero-order chi connectivity index (χ0) is 12.3. The Morgan fingerprint density at radius 3 is 2.53 bits per heavy atom. The van der Waals surface area contributed by atoms with Crippen LogP contribution in [0, 0.1) is 11.8 Å². The highest BCUT2D eigenvalue weighted by molar-refractivity contribution is 4.90. The minimum absolute atomic E-state index is 0.770. The Hall–Kier alpha value is -0.0800. The van der Waals surface area contributed by atoms with Gasteiger partial charge in [-0.2, -0.15) is 0 Å². The highest BCUT2D eigenvalue weighted by atomic mass is 15.2. The summed E-state index contributed by atoms with van der Waals surface area (Å²) >= 11 is 0. The van der Waals surface area contributed by atoms with E-state index in [1.54, 1.807) is 0 Å². The molecule has 1 aliphatic carbocycles. The summed E-state index contributed by atoms with van der Waals surface area (Å²) in [4.78, 5) is 2.70. The first-order valence-corrected chi connectivity index (χ1v) is 7.65. The first kappa shape index (κ1) is 13.4. The molecular formula is C15H30N2. The van der Waals surface area contributed by atoms with E-state index in [9.17, 15) is 0 Å². The predicted octanol–water partition coefficient (Wildman–Crippen LogP) is 2.89. The van der Waals surface area contributed by atoms with Crippen LogP contribution in [0.1, 0.15) is 52.9 Å². The van der Waals surface area contributed by atoms with Crippen molar-refractivity contribution in [2.45, 2.75) is 65.0 Å². The van der Waals surface area contributed by atoms with Crippen LogP contribution in [0.15, 0.2) is 0 Å². The van der Waals surface area contributed by atoms with Gasteiger partial charge in [0.1, 0.15) is 0 Å². The molecule has 0 aromatic rings. The van der Waals surface area contributed by atoms with E-state index in [0.29, 0.717) is 0 Å². The van der Waals surface area contributed by atoms with Gasteiger partial charge in [-0.3, -0.25) is 0 Å². The molecule has 2 fully saturated rings. The Labute approximate surface area is 107 Å². The van der Waals surface area contributed by atoms with Crippen molar-refractivity contribution >= 4 is 0 Å². The summed E-state index contributed by atoms with van der Waals surface area (Å²) in [6.45, 7) is 10.9. The maximum atomic E-state index is 3.84. The van der Waals surface area contributed by atoms with Crippen LogP contribution in [0.5, 0.6) is 0 Å². The van der Waals surface area contributed by atoms with Crippen LogP contribution in [0.4, 0.5) is 0 Å². The molecule has 100 valence electrons. The molecule has 2 heteroatoms. The van der Waals surface area contributed by atoms with Crippen LogP contribution in [0.2, 0.25) is 0 Å². The van der Waals surface area contributed by atoms with E-state index in [2.05, 4.69) is 31.0 Å². The second-order valence-corrected chi connectivity index (χ2v) is 6.64. The Kier molecular flexibility index (Phi) is 4.87. The number of likely N-dealkylation sites (tertiary alicyclic amines) is 1. The third-order valence-electron chi connectivity index (χ3n) is 3.98. The monoisotopic (exact) mass is 238 g/mol. The molecule has 2 nitrogen and oxygen atoms in total. The van der Waals surface area contributed by atoms with E-state index >= 15 is 0 Å². The van der Waals surface area contributed by atoms with E-state index in [1.165, 1.54) is 51.7 Å². The number of rotatable bonds is 6. The summed E-state index contributed by atoms with van der Waals surface area (Å²) in [5.74, 6) is 1.74. The lowest BCUT2D eigenvalue weighted by Gasteiger charge is -2.39. The smallest absolute Gasteiger partial charge is 0.0200 e. The second kappa shape index (κ2) is 6.19. The zero-order valence-corrected chi connectivity index (χ0v) is 11.9. The summed E-state index contributed by atoms with van der Waals surface area (Å²) in [7, 11) is 0. The molecular weight excluding hydrogens is 208 g/mol. The van der Waals surface area contributed by atoms with E-state index in [4.69, 9.17) is 0 Å². The van der Waals surface area contributed by atoms with Crippen molar-refractivity contribution in [1.29, 1.82) is 0 Å². The van der Waals surface area contributed by atoms with Crippen molar-refractivity contribution in [3.05, 3.63) is 0 Å². The van der Waals surface area contributed by atoms with Gasteiger partial charge in [-0.05, 0) is 37.5 Å². The first-order chi connectivity index (χ1) is 8.17. The SMILES string of the molecule is CCCC1CC(NC2CC2)CN(CC(C)C)C1. The molecule has 2 atom stereocenters. The maximum absolute atomic E-state index is 3.84. The van der Waals surface area contributed by atoms with Gasteiger partial charge in [-0.1, -0.05) is 27.2 Å². The van der Waals surface area contributed by atoms with Crippen LogP contribution in [0.25, 0.3) is 0 Å². The van der Waals surface area contributed by atoms with Crippen molar-refractivity contribution in [2.24, 2.45) is 11.8 Å². The van der Waals surface area contributed by atoms with Gasteiger partial charge in [0.05, 0.1) is 0 Å². The van der Waals surface area contributed by atoms with E-state index in [-0.39, 0.29) is 0 Å². The molecule has 0 aromatic carbocycles. The summed E-state index contributed by atoms with van der Waals surface area (Å²) in [6, 6.07) is 1.63. The molecule has 0 bridgehead atoms. The van der Waals surface area contributed by atoms with Crippen molar-refractivity contribution < 1.29 is 0 Å². The van der Waals surface area contributed by atoms with Crippen LogP contribution in [-0.4, -0.2) is 36.6 Å². The van der Waals surface area contributed by atoms with Crippen molar-refractivity contribution in [3.63, 3.8) is 0 Å². The molecule has 2 aliphatic rings. The summed E-state index contributed by atoms with van der Waals surface area (Å²) in [6.07, 6.45) is 7.00. The van der Waals surface area contributed by atoms with Crippen LogP contribution < -0.4 is 5.32 Å². The van der Waals surface area contributed by atoms with Crippen LogP contribution in [0.3, 0.4) is 0 Å². The lowest BCUT2D eigenvalue weighted by Crippen LogP contribution is -2.50. The number of hydrogen-bond acceptors (Lipinski definition) is 2. The minimum Gasteiger partial charge on any atom is -0.310 e. The molecule has 0 aromatic heterocycles. The van der Waals surface area contributed by atoms with E-state index < -0.39 is 0 Å². The first-order valence-electron chi connectivity index (χ1n) is 7.65. The molecule has 1 heterocycles. The fourth-order valence-corrected chi connectivity index (χ4v) is 3.29. The highest BCUT2D eigenvalue weighted by Gasteiger charge is 2.31. The number of piperidine rings is 1. The fourth-order valence-electron chi connectivity index (χ4n) is 3.29. The largest absolute Gasteiger partial charge is 0.310 e. The Morgan fingerprint density at radius 1 is 1.18 bits per heavy atom. The summed E-state index contributed by atoms with van der Waals surface area (Å²) in [5, 5.41) is 3.84. The van der Waals surface area contributed by atoms with Crippen molar-refractivity contribution in [3.8, 4) is 0 Å². The van der Waals surface area contributed by atoms with Crippen molar-refractivity contribution in [2.75, 3.05) is 19.6 Å². The van der Waals surface area contributed by atoms with Crippen LogP contribution in [-0.2, 0) is 0 Å². The van der Waals surface area contributed by atoms with Gasteiger partial charge in [0.25, 0.3) is 0 Å². The second-order valence-electron chi connectivity index (χ2n) is 6.64. The minimum atomic E-state index is 0.770. The topological polar surface area (TPSA) is 15.3 Å². The quantitative estimate of drug-likeness (QED) is 0.765. The molecule has 1 saturated heterocycles. The standard InChI is InChI=1S/C15H30N2/c1-4-5-13-8-15(16-14-6-7-14)11-17(10-13)9-12(2)3/h12-16H,4-11H2,1-3H3. The third-order valence-corrected chi connectivity index (χ3v) is 3.98. The Bertz CT molecular complexity index is 211. The van der Waals surface area contributed by atoms with Gasteiger partial charge < -0.3 is 10.2 Å². The summed E-state index contributed by atoms with van der Waals surface area (Å²) in [5.41, 5.74) is 0. The lowest BCUT2D eigenvalue weighted by atomic mass is 9.90. The molecule has 0 amide bonds. The van der Waals surface area contributed by atoms with Gasteiger partial charge in [0, 0.05) is 31.7 Å². The van der Waals surface area contributed by atoms with E-state index in [0.717, 1.165) is 23.9 Å².